The zero-order chi connectivity index (χ0) is 19.3. The monoisotopic (exact) mass is 433 g/mol. The quantitative estimate of drug-likeness (QED) is 0.641. The first-order chi connectivity index (χ1) is 13.6. The molecule has 2 fully saturated rings. The Balaban J connectivity index is 1.43. The van der Waals surface area contributed by atoms with Gasteiger partial charge in [0.05, 0.1) is 14.9 Å². The Morgan fingerprint density at radius 1 is 1.21 bits per heavy atom. The van der Waals surface area contributed by atoms with Crippen molar-refractivity contribution in [2.75, 3.05) is 25.0 Å². The molecule has 0 unspecified atom stereocenters. The van der Waals surface area contributed by atoms with Crippen molar-refractivity contribution < 1.29 is 0 Å². The third-order valence-corrected chi connectivity index (χ3v) is 8.00. The predicted octanol–water partition coefficient (Wildman–Crippen LogP) is 4.77. The summed E-state index contributed by atoms with van der Waals surface area (Å²) in [7, 11) is 2.06. The summed E-state index contributed by atoms with van der Waals surface area (Å²) in [5.41, 5.74) is 1.35. The topological polar surface area (TPSA) is 45.5 Å². The Kier molecular flexibility index (Phi) is 4.70. The van der Waals surface area contributed by atoms with Crippen LogP contribution < -0.4 is 10.2 Å². The van der Waals surface area contributed by atoms with E-state index in [1.54, 1.807) is 17.8 Å². The van der Waals surface area contributed by atoms with Crippen LogP contribution in [0.25, 0.3) is 5.65 Å². The second-order valence-electron chi connectivity index (χ2n) is 7.76. The smallest absolute Gasteiger partial charge is 0.211 e. The fourth-order valence-corrected chi connectivity index (χ4v) is 5.90. The Morgan fingerprint density at radius 2 is 2.07 bits per heavy atom. The maximum atomic E-state index is 6.37. The summed E-state index contributed by atoms with van der Waals surface area (Å²) in [6.07, 6.45) is 9.47. The summed E-state index contributed by atoms with van der Waals surface area (Å²) in [5.74, 6) is 0.971. The van der Waals surface area contributed by atoms with E-state index in [1.807, 2.05) is 30.7 Å². The number of hydrogen-bond acceptors (Lipinski definition) is 5. The van der Waals surface area contributed by atoms with Crippen LogP contribution in [0.4, 0.5) is 5.95 Å². The van der Waals surface area contributed by atoms with Crippen LogP contribution in [0, 0.1) is 5.41 Å². The average Bonchev–Trinajstić information content (AvgIpc) is 3.32. The van der Waals surface area contributed by atoms with Gasteiger partial charge in [-0.05, 0) is 43.9 Å². The number of hydrogen-bond donors (Lipinski definition) is 1. The van der Waals surface area contributed by atoms with Gasteiger partial charge in [-0.15, -0.1) is 0 Å². The number of rotatable bonds is 4. The first-order valence-corrected chi connectivity index (χ1v) is 11.0. The highest BCUT2D eigenvalue weighted by atomic mass is 35.5. The second kappa shape index (κ2) is 7.10. The highest BCUT2D eigenvalue weighted by Crippen LogP contribution is 2.49. The summed E-state index contributed by atoms with van der Waals surface area (Å²) in [5, 5.41) is 4.52. The molecule has 0 amide bonds. The van der Waals surface area contributed by atoms with Crippen molar-refractivity contribution in [2.45, 2.75) is 35.1 Å². The van der Waals surface area contributed by atoms with Crippen LogP contribution in [0.1, 0.15) is 19.3 Å². The zero-order valence-electron chi connectivity index (χ0n) is 15.5. The molecule has 1 aliphatic heterocycles. The van der Waals surface area contributed by atoms with Crippen LogP contribution in [-0.4, -0.2) is 40.5 Å². The van der Waals surface area contributed by atoms with Crippen molar-refractivity contribution in [1.82, 2.24) is 19.7 Å². The van der Waals surface area contributed by atoms with Crippen LogP contribution in [0.2, 0.25) is 10.0 Å². The molecule has 1 saturated carbocycles. The van der Waals surface area contributed by atoms with Gasteiger partial charge in [0.1, 0.15) is 0 Å². The molecular weight excluding hydrogens is 413 g/mol. The van der Waals surface area contributed by atoms with Gasteiger partial charge in [0.2, 0.25) is 5.95 Å². The molecule has 3 aromatic rings. The van der Waals surface area contributed by atoms with Crippen LogP contribution in [0.5, 0.6) is 0 Å². The first-order valence-electron chi connectivity index (χ1n) is 9.45. The van der Waals surface area contributed by atoms with E-state index in [1.165, 1.54) is 19.3 Å². The van der Waals surface area contributed by atoms with Crippen molar-refractivity contribution >= 4 is 46.6 Å². The van der Waals surface area contributed by atoms with Crippen molar-refractivity contribution in [3.8, 4) is 0 Å². The van der Waals surface area contributed by atoms with E-state index in [0.29, 0.717) is 21.5 Å². The van der Waals surface area contributed by atoms with Gasteiger partial charge < -0.3 is 10.2 Å². The molecule has 28 heavy (non-hydrogen) atoms. The summed E-state index contributed by atoms with van der Waals surface area (Å²) in [6, 6.07) is 6.33. The minimum Gasteiger partial charge on any atom is -0.341 e. The third kappa shape index (κ3) is 3.07. The molecule has 0 atom stereocenters. The lowest BCUT2D eigenvalue weighted by Gasteiger charge is -2.45. The lowest BCUT2D eigenvalue weighted by molar-refractivity contribution is 0.113. The van der Waals surface area contributed by atoms with Crippen LogP contribution in [0.3, 0.4) is 0 Å². The number of imidazole rings is 1. The fraction of sp³-hybridized carbons (Fsp3) is 0.400. The van der Waals surface area contributed by atoms with Gasteiger partial charge >= 0.3 is 0 Å². The van der Waals surface area contributed by atoms with Crippen molar-refractivity contribution in [3.63, 3.8) is 0 Å². The highest BCUT2D eigenvalue weighted by molar-refractivity contribution is 7.99. The van der Waals surface area contributed by atoms with E-state index in [9.17, 15) is 0 Å². The molecule has 0 bridgehead atoms. The molecular formula is C20H21Cl2N5S. The lowest BCUT2D eigenvalue weighted by atomic mass is 9.65. The second-order valence-corrected chi connectivity index (χ2v) is 9.63. The van der Waals surface area contributed by atoms with E-state index in [-0.39, 0.29) is 0 Å². The summed E-state index contributed by atoms with van der Waals surface area (Å²) < 4.78 is 2.09. The van der Waals surface area contributed by atoms with Gasteiger partial charge in [0.25, 0.3) is 0 Å². The summed E-state index contributed by atoms with van der Waals surface area (Å²) in [4.78, 5) is 13.7. The molecule has 5 rings (SSSR count). The molecule has 0 radical (unpaired) electrons. The number of benzene rings is 1. The Bertz CT molecular complexity index is 1030. The molecule has 3 heterocycles. The summed E-state index contributed by atoms with van der Waals surface area (Å²) >= 11 is 14.1. The van der Waals surface area contributed by atoms with Gasteiger partial charge in [0, 0.05) is 42.6 Å². The Morgan fingerprint density at radius 3 is 2.89 bits per heavy atom. The van der Waals surface area contributed by atoms with Crippen LogP contribution in [0.15, 0.2) is 46.6 Å². The van der Waals surface area contributed by atoms with Crippen molar-refractivity contribution in [2.24, 2.45) is 5.41 Å². The van der Waals surface area contributed by atoms with Crippen LogP contribution in [-0.2, 0) is 0 Å². The average molecular weight is 434 g/mol. The summed E-state index contributed by atoms with van der Waals surface area (Å²) in [6.45, 7) is 2.11. The van der Waals surface area contributed by atoms with E-state index in [0.717, 1.165) is 34.5 Å². The maximum Gasteiger partial charge on any atom is 0.211 e. The van der Waals surface area contributed by atoms with Crippen LogP contribution >= 0.6 is 35.0 Å². The molecule has 1 spiro atoms. The SMILES string of the molecule is CNC1CC2(CCN(c3ncc(Sc4cccc(Cl)c4Cl)c4nccn34)C2)C1. The lowest BCUT2D eigenvalue weighted by Crippen LogP contribution is -2.49. The molecule has 2 aliphatic rings. The standard InChI is InChI=1S/C20H21Cl2N5S/c1-23-13-9-20(10-13)5-7-26(12-20)19-25-11-16(18-24-6-8-27(18)19)28-15-4-2-3-14(21)17(15)22/h2-4,6,8,11,13,23H,5,7,9-10,12H2,1H3. The van der Waals surface area contributed by atoms with Gasteiger partial charge in [-0.1, -0.05) is 41.0 Å². The minimum atomic E-state index is 0.448. The number of aromatic nitrogens is 3. The van der Waals surface area contributed by atoms with Gasteiger partial charge in [-0.25, -0.2) is 9.97 Å². The molecule has 1 aromatic carbocycles. The van der Waals surface area contributed by atoms with E-state index in [4.69, 9.17) is 28.2 Å². The van der Waals surface area contributed by atoms with Crippen molar-refractivity contribution in [3.05, 3.63) is 46.8 Å². The van der Waals surface area contributed by atoms with E-state index >= 15 is 0 Å². The number of nitrogens with one attached hydrogen (secondary N) is 1. The molecule has 1 aliphatic carbocycles. The number of anilines is 1. The Labute approximate surface area is 178 Å². The first kappa shape index (κ1) is 18.6. The molecule has 8 heteroatoms. The minimum absolute atomic E-state index is 0.448. The largest absolute Gasteiger partial charge is 0.341 e. The third-order valence-electron chi connectivity index (χ3n) is 6.00. The molecule has 1 saturated heterocycles. The maximum absolute atomic E-state index is 6.37. The van der Waals surface area contributed by atoms with Gasteiger partial charge in [0.15, 0.2) is 5.65 Å². The molecule has 2 aromatic heterocycles. The predicted molar refractivity (Wildman–Crippen MR) is 115 cm³/mol. The zero-order valence-corrected chi connectivity index (χ0v) is 17.9. The highest BCUT2D eigenvalue weighted by Gasteiger charge is 2.48. The van der Waals surface area contributed by atoms with Gasteiger partial charge in [-0.2, -0.15) is 0 Å². The molecule has 1 N–H and O–H groups in total. The molecule has 146 valence electrons. The number of halogens is 2. The number of fused-ring (bicyclic) bond motifs is 1. The fourth-order valence-electron chi connectivity index (χ4n) is 4.50. The normalized spacial score (nSPS) is 24.2. The van der Waals surface area contributed by atoms with E-state index in [2.05, 4.69) is 26.6 Å². The van der Waals surface area contributed by atoms with E-state index < -0.39 is 0 Å². The van der Waals surface area contributed by atoms with Gasteiger partial charge in [-0.3, -0.25) is 4.40 Å². The molecule has 5 nitrogen and oxygen atoms in total. The Hall–Kier alpha value is -1.47. The number of nitrogens with zero attached hydrogens (tertiary/aromatic N) is 4. The van der Waals surface area contributed by atoms with Crippen molar-refractivity contribution in [1.29, 1.82) is 0 Å².